The largest absolute Gasteiger partial charge is 0.478 e. The molecule has 3 aromatic rings. The van der Waals surface area contributed by atoms with E-state index in [1.807, 2.05) is 56.1 Å². The number of hydrogen-bond acceptors (Lipinski definition) is 4. The van der Waals surface area contributed by atoms with Crippen LogP contribution in [0.15, 0.2) is 60.9 Å². The molecule has 33 heavy (non-hydrogen) atoms. The first kappa shape index (κ1) is 22.6. The van der Waals surface area contributed by atoms with Crippen LogP contribution >= 0.6 is 0 Å². The summed E-state index contributed by atoms with van der Waals surface area (Å²) in [6.45, 7) is 6.18. The number of nitrogens with zero attached hydrogens (tertiary/aromatic N) is 2. The summed E-state index contributed by atoms with van der Waals surface area (Å²) in [6.07, 6.45) is 4.83. The third-order valence-corrected chi connectivity index (χ3v) is 5.99. The van der Waals surface area contributed by atoms with Gasteiger partial charge in [-0.1, -0.05) is 36.4 Å². The molecule has 172 valence electrons. The van der Waals surface area contributed by atoms with Crippen LogP contribution in [0.25, 0.3) is 11.1 Å². The Labute approximate surface area is 193 Å². The van der Waals surface area contributed by atoms with E-state index in [0.29, 0.717) is 6.54 Å². The average Bonchev–Trinajstić information content (AvgIpc) is 3.33. The molecule has 2 heterocycles. The Morgan fingerprint density at radius 2 is 1.70 bits per heavy atom. The first-order chi connectivity index (χ1) is 15.7. The minimum Gasteiger partial charge on any atom is -0.478 e. The van der Waals surface area contributed by atoms with Gasteiger partial charge in [0.1, 0.15) is 5.60 Å². The van der Waals surface area contributed by atoms with Gasteiger partial charge in [-0.3, -0.25) is 5.10 Å². The Balaban J connectivity index is 1.61. The van der Waals surface area contributed by atoms with E-state index in [4.69, 9.17) is 4.74 Å². The fourth-order valence-corrected chi connectivity index (χ4v) is 4.33. The molecule has 1 saturated heterocycles. The molecule has 1 aromatic heterocycles. The zero-order valence-electron chi connectivity index (χ0n) is 19.1. The molecule has 1 aliphatic rings. The highest BCUT2D eigenvalue weighted by atomic mass is 16.6. The highest BCUT2D eigenvalue weighted by molar-refractivity contribution is 5.87. The zero-order valence-corrected chi connectivity index (χ0v) is 19.1. The molecule has 0 aliphatic carbocycles. The highest BCUT2D eigenvalue weighted by Crippen LogP contribution is 2.40. The number of likely N-dealkylation sites (tertiary alicyclic amines) is 1. The number of nitrogens with one attached hydrogen (secondary N) is 1. The lowest BCUT2D eigenvalue weighted by molar-refractivity contribution is 0.00762. The van der Waals surface area contributed by atoms with E-state index in [9.17, 15) is 14.7 Å². The van der Waals surface area contributed by atoms with E-state index >= 15 is 0 Å². The van der Waals surface area contributed by atoms with Crippen molar-refractivity contribution in [3.05, 3.63) is 77.6 Å². The number of rotatable bonds is 4. The maximum atomic E-state index is 13.0. The number of hydrogen-bond donors (Lipinski definition) is 2. The zero-order chi connectivity index (χ0) is 23.6. The molecule has 4 rings (SSSR count). The first-order valence-corrected chi connectivity index (χ1v) is 11.1. The summed E-state index contributed by atoms with van der Waals surface area (Å²) < 4.78 is 5.70. The van der Waals surface area contributed by atoms with Crippen molar-refractivity contribution in [1.29, 1.82) is 0 Å². The molecule has 0 spiro atoms. The molecule has 2 N–H and O–H groups in total. The van der Waals surface area contributed by atoms with Crippen molar-refractivity contribution in [1.82, 2.24) is 15.1 Å². The molecule has 7 heteroatoms. The fourth-order valence-electron chi connectivity index (χ4n) is 4.33. The van der Waals surface area contributed by atoms with E-state index in [-0.39, 0.29) is 23.6 Å². The monoisotopic (exact) mass is 447 g/mol. The second-order valence-electron chi connectivity index (χ2n) is 9.45. The van der Waals surface area contributed by atoms with Crippen molar-refractivity contribution in [2.24, 2.45) is 0 Å². The van der Waals surface area contributed by atoms with Crippen LogP contribution in [0.1, 0.15) is 67.1 Å². The summed E-state index contributed by atoms with van der Waals surface area (Å²) in [5.74, 6) is -0.720. The first-order valence-electron chi connectivity index (χ1n) is 11.1. The Hall–Kier alpha value is -3.61. The molecule has 1 fully saturated rings. The van der Waals surface area contributed by atoms with Gasteiger partial charge in [-0.25, -0.2) is 9.59 Å². The van der Waals surface area contributed by atoms with Gasteiger partial charge in [0.25, 0.3) is 0 Å². The van der Waals surface area contributed by atoms with Crippen LogP contribution in [0.4, 0.5) is 4.79 Å². The molecular weight excluding hydrogens is 418 g/mol. The number of ether oxygens (including phenoxy) is 1. The fraction of sp³-hybridized carbons (Fsp3) is 0.346. The third-order valence-electron chi connectivity index (χ3n) is 5.99. The molecule has 1 aliphatic heterocycles. The Kier molecular flexibility index (Phi) is 6.22. The molecule has 2 aromatic carbocycles. The second kappa shape index (κ2) is 9.10. The van der Waals surface area contributed by atoms with Crippen LogP contribution in [-0.2, 0) is 4.74 Å². The second-order valence-corrected chi connectivity index (χ2v) is 9.45. The molecule has 7 nitrogen and oxygen atoms in total. The van der Waals surface area contributed by atoms with E-state index in [2.05, 4.69) is 22.3 Å². The van der Waals surface area contributed by atoms with E-state index in [1.54, 1.807) is 18.3 Å². The number of carboxylic acids is 1. The molecular formula is C26H29N3O4. The number of aromatic carboxylic acids is 1. The van der Waals surface area contributed by atoms with Gasteiger partial charge in [-0.05, 0) is 68.4 Å². The maximum absolute atomic E-state index is 13.0. The number of piperidine rings is 1. The molecule has 0 saturated carbocycles. The third kappa shape index (κ3) is 5.25. The van der Waals surface area contributed by atoms with Crippen molar-refractivity contribution in [2.75, 3.05) is 6.54 Å². The van der Waals surface area contributed by atoms with Gasteiger partial charge in [-0.15, -0.1) is 0 Å². The Morgan fingerprint density at radius 3 is 2.27 bits per heavy atom. The number of carbonyl (C=O) groups is 2. The summed E-state index contributed by atoms with van der Waals surface area (Å²) in [6, 6.07) is 15.1. The van der Waals surface area contributed by atoms with Gasteiger partial charge in [0.15, 0.2) is 0 Å². The number of aromatic amines is 1. The maximum Gasteiger partial charge on any atom is 0.410 e. The molecule has 0 radical (unpaired) electrons. The van der Waals surface area contributed by atoms with Crippen molar-refractivity contribution >= 4 is 12.1 Å². The Morgan fingerprint density at radius 1 is 1.03 bits per heavy atom. The average molecular weight is 448 g/mol. The van der Waals surface area contributed by atoms with Crippen LogP contribution in [-0.4, -0.2) is 44.4 Å². The van der Waals surface area contributed by atoms with Gasteiger partial charge < -0.3 is 14.7 Å². The molecule has 2 unspecified atom stereocenters. The topological polar surface area (TPSA) is 95.5 Å². The lowest BCUT2D eigenvalue weighted by Crippen LogP contribution is -2.43. The van der Waals surface area contributed by atoms with Crippen molar-refractivity contribution in [3.8, 4) is 11.1 Å². The van der Waals surface area contributed by atoms with Crippen molar-refractivity contribution < 1.29 is 19.4 Å². The van der Waals surface area contributed by atoms with Crippen molar-refractivity contribution in [3.63, 3.8) is 0 Å². The summed E-state index contributed by atoms with van der Waals surface area (Å²) in [7, 11) is 0. The molecule has 0 bridgehead atoms. The van der Waals surface area contributed by atoms with E-state index in [1.165, 1.54) is 0 Å². The number of amides is 1. The van der Waals surface area contributed by atoms with Gasteiger partial charge in [-0.2, -0.15) is 5.10 Å². The molecule has 2 atom stereocenters. The SMILES string of the molecule is CC(C)(C)OC(=O)N1CCC(c2ccc(C(=O)O)cc2)CC1c1ccc(-c2cn[nH]c2)cc1. The minimum absolute atomic E-state index is 0.142. The number of carboxylic acid groups (broad SMARTS) is 1. The van der Waals surface area contributed by atoms with Crippen LogP contribution in [0.2, 0.25) is 0 Å². The van der Waals surface area contributed by atoms with Gasteiger partial charge in [0, 0.05) is 18.3 Å². The lowest BCUT2D eigenvalue weighted by atomic mass is 9.82. The predicted molar refractivity (Wildman–Crippen MR) is 125 cm³/mol. The number of H-pyrrole nitrogens is 1. The van der Waals surface area contributed by atoms with Crippen LogP contribution in [0.3, 0.4) is 0 Å². The van der Waals surface area contributed by atoms with Gasteiger partial charge in [0.2, 0.25) is 0 Å². The smallest absolute Gasteiger partial charge is 0.410 e. The normalized spacial score (nSPS) is 18.7. The highest BCUT2D eigenvalue weighted by Gasteiger charge is 2.35. The van der Waals surface area contributed by atoms with Crippen molar-refractivity contribution in [2.45, 2.75) is 51.2 Å². The minimum atomic E-state index is -0.933. The lowest BCUT2D eigenvalue weighted by Gasteiger charge is -2.40. The summed E-state index contributed by atoms with van der Waals surface area (Å²) >= 11 is 0. The molecule has 1 amide bonds. The Bertz CT molecular complexity index is 1100. The quantitative estimate of drug-likeness (QED) is 0.540. The predicted octanol–water partition coefficient (Wildman–Crippen LogP) is 5.63. The van der Waals surface area contributed by atoms with Crippen LogP contribution in [0.5, 0.6) is 0 Å². The summed E-state index contributed by atoms with van der Waals surface area (Å²) in [5, 5.41) is 16.0. The van der Waals surface area contributed by atoms with E-state index < -0.39 is 11.6 Å². The van der Waals surface area contributed by atoms with Crippen LogP contribution < -0.4 is 0 Å². The summed E-state index contributed by atoms with van der Waals surface area (Å²) in [4.78, 5) is 26.1. The van der Waals surface area contributed by atoms with Gasteiger partial charge in [0.05, 0.1) is 17.8 Å². The number of benzene rings is 2. The number of carbonyl (C=O) groups excluding carboxylic acids is 1. The van der Waals surface area contributed by atoms with Gasteiger partial charge >= 0.3 is 12.1 Å². The number of aromatic nitrogens is 2. The van der Waals surface area contributed by atoms with E-state index in [0.717, 1.165) is 35.1 Å². The standard InChI is InChI=1S/C26H29N3O4/c1-26(2,3)33-25(32)29-13-12-21(17-6-10-20(11-7-17)24(30)31)14-23(29)19-8-4-18(5-9-19)22-15-27-28-16-22/h4-11,15-16,21,23H,12-14H2,1-3H3,(H,27,28)(H,30,31). The summed E-state index contributed by atoms with van der Waals surface area (Å²) in [5.41, 5.74) is 3.88. The van der Waals surface area contributed by atoms with Crippen LogP contribution in [0, 0.1) is 0 Å².